The molecule has 1 aliphatic rings. The van der Waals surface area contributed by atoms with E-state index in [2.05, 4.69) is 16.2 Å². The van der Waals surface area contributed by atoms with Gasteiger partial charge in [0.1, 0.15) is 11.9 Å². The van der Waals surface area contributed by atoms with Crippen molar-refractivity contribution in [1.29, 1.82) is 0 Å². The highest BCUT2D eigenvalue weighted by Gasteiger charge is 2.25. The topological polar surface area (TPSA) is 54.4 Å². The van der Waals surface area contributed by atoms with E-state index in [-0.39, 0.29) is 0 Å². The molecule has 0 saturated carbocycles. The van der Waals surface area contributed by atoms with Crippen LogP contribution in [0.4, 0.5) is 0 Å². The molecule has 2 atom stereocenters. The van der Waals surface area contributed by atoms with Crippen molar-refractivity contribution in [1.82, 2.24) is 14.7 Å². The molecule has 0 unspecified atom stereocenters. The maximum absolute atomic E-state index is 10.4. The maximum Gasteiger partial charge on any atom is 0.132 e. The molecular weight excluding hydrogens is 278 g/mol. The van der Waals surface area contributed by atoms with Gasteiger partial charge in [-0.1, -0.05) is 12.8 Å². The van der Waals surface area contributed by atoms with Gasteiger partial charge < -0.3 is 9.52 Å². The van der Waals surface area contributed by atoms with Gasteiger partial charge in [-0.3, -0.25) is 9.58 Å². The Morgan fingerprint density at radius 1 is 1.41 bits per heavy atom. The number of rotatable bonds is 5. The van der Waals surface area contributed by atoms with Gasteiger partial charge in [0.25, 0.3) is 0 Å². The molecular formula is C17H25N3O2. The summed E-state index contributed by atoms with van der Waals surface area (Å²) in [6.45, 7) is 1.99. The van der Waals surface area contributed by atoms with Crippen molar-refractivity contribution in [2.45, 2.75) is 50.8 Å². The highest BCUT2D eigenvalue weighted by atomic mass is 16.4. The summed E-state index contributed by atoms with van der Waals surface area (Å²) in [5.74, 6) is 0.672. The number of aromatic nitrogens is 2. The lowest BCUT2D eigenvalue weighted by atomic mass is 10.0. The van der Waals surface area contributed by atoms with Crippen LogP contribution in [0.1, 0.15) is 49.5 Å². The molecule has 0 aliphatic carbocycles. The van der Waals surface area contributed by atoms with Crippen LogP contribution < -0.4 is 0 Å². The lowest BCUT2D eigenvalue weighted by Gasteiger charge is -2.30. The molecule has 1 fully saturated rings. The average Bonchev–Trinajstić information content (AvgIpc) is 3.12. The third-order valence-corrected chi connectivity index (χ3v) is 4.51. The van der Waals surface area contributed by atoms with E-state index in [1.165, 1.54) is 24.8 Å². The quantitative estimate of drug-likeness (QED) is 0.923. The molecule has 0 bridgehead atoms. The van der Waals surface area contributed by atoms with Crippen LogP contribution in [0.2, 0.25) is 0 Å². The zero-order valence-electron chi connectivity index (χ0n) is 13.2. The normalized spacial score (nSPS) is 21.6. The van der Waals surface area contributed by atoms with Gasteiger partial charge in [0.05, 0.1) is 12.5 Å². The molecule has 22 heavy (non-hydrogen) atoms. The molecule has 1 saturated heterocycles. The second-order valence-corrected chi connectivity index (χ2v) is 6.26. The van der Waals surface area contributed by atoms with Crippen LogP contribution in [0.15, 0.2) is 35.2 Å². The van der Waals surface area contributed by atoms with Gasteiger partial charge in [-0.15, -0.1) is 0 Å². The third kappa shape index (κ3) is 3.78. The number of aliphatic hydroxyl groups excluding tert-OH is 1. The van der Waals surface area contributed by atoms with Gasteiger partial charge in [-0.25, -0.2) is 0 Å². The fourth-order valence-electron chi connectivity index (χ4n) is 3.35. The highest BCUT2D eigenvalue weighted by Crippen LogP contribution is 2.27. The summed E-state index contributed by atoms with van der Waals surface area (Å²) in [6.07, 6.45) is 10.7. The predicted octanol–water partition coefficient (Wildman–Crippen LogP) is 2.88. The second kappa shape index (κ2) is 7.11. The van der Waals surface area contributed by atoms with Crippen LogP contribution >= 0.6 is 0 Å². The molecule has 0 amide bonds. The van der Waals surface area contributed by atoms with E-state index in [0.29, 0.717) is 11.8 Å². The Labute approximate surface area is 131 Å². The monoisotopic (exact) mass is 303 g/mol. The molecule has 120 valence electrons. The number of aryl methyl sites for hydroxylation is 1. The molecule has 1 N–H and O–H groups in total. The number of likely N-dealkylation sites (tertiary alicyclic amines) is 1. The van der Waals surface area contributed by atoms with E-state index in [1.54, 1.807) is 6.26 Å². The van der Waals surface area contributed by atoms with Gasteiger partial charge in [0.2, 0.25) is 0 Å². The fourth-order valence-corrected chi connectivity index (χ4v) is 3.35. The van der Waals surface area contributed by atoms with Crippen molar-refractivity contribution in [3.63, 3.8) is 0 Å². The molecule has 5 nitrogen and oxygen atoms in total. The maximum atomic E-state index is 10.4. The summed E-state index contributed by atoms with van der Waals surface area (Å²) in [5, 5.41) is 14.7. The first-order chi connectivity index (χ1) is 10.7. The molecule has 2 aromatic rings. The first kappa shape index (κ1) is 15.3. The van der Waals surface area contributed by atoms with Gasteiger partial charge in [0, 0.05) is 31.4 Å². The van der Waals surface area contributed by atoms with E-state index in [4.69, 9.17) is 4.42 Å². The van der Waals surface area contributed by atoms with Crippen LogP contribution in [0.5, 0.6) is 0 Å². The first-order valence-corrected chi connectivity index (χ1v) is 8.15. The fraction of sp³-hybridized carbons (Fsp3) is 0.588. The summed E-state index contributed by atoms with van der Waals surface area (Å²) in [4.78, 5) is 2.50. The highest BCUT2D eigenvalue weighted by molar-refractivity contribution is 5.05. The van der Waals surface area contributed by atoms with Crippen LogP contribution in [0.3, 0.4) is 0 Å². The lowest BCUT2D eigenvalue weighted by Crippen LogP contribution is -2.35. The standard InChI is InChI=1S/C17H25N3O2/c1-19-12-14(11-18-19)13-20-8-4-2-3-6-15(20)10-16(21)17-7-5-9-22-17/h5,7,9,11-12,15-16,21H,2-4,6,8,10,13H2,1H3/t15-,16+/m1/s1. The number of hydrogen-bond acceptors (Lipinski definition) is 4. The Morgan fingerprint density at radius 3 is 3.05 bits per heavy atom. The average molecular weight is 303 g/mol. The molecule has 0 aromatic carbocycles. The zero-order chi connectivity index (χ0) is 15.4. The smallest absolute Gasteiger partial charge is 0.132 e. The Kier molecular flexibility index (Phi) is 4.95. The molecule has 2 aromatic heterocycles. The lowest BCUT2D eigenvalue weighted by molar-refractivity contribution is 0.0830. The largest absolute Gasteiger partial charge is 0.467 e. The van der Waals surface area contributed by atoms with Gasteiger partial charge in [0.15, 0.2) is 0 Å². The molecule has 1 aliphatic heterocycles. The van der Waals surface area contributed by atoms with Crippen LogP contribution in [-0.2, 0) is 13.6 Å². The minimum absolute atomic E-state index is 0.391. The summed E-state index contributed by atoms with van der Waals surface area (Å²) < 4.78 is 7.19. The summed E-state index contributed by atoms with van der Waals surface area (Å²) in [6, 6.07) is 4.08. The van der Waals surface area contributed by atoms with Gasteiger partial charge >= 0.3 is 0 Å². The van der Waals surface area contributed by atoms with Crippen molar-refractivity contribution >= 4 is 0 Å². The van der Waals surface area contributed by atoms with E-state index in [9.17, 15) is 5.11 Å². The molecule has 0 spiro atoms. The van der Waals surface area contributed by atoms with E-state index in [1.807, 2.05) is 30.1 Å². The van der Waals surface area contributed by atoms with Crippen molar-refractivity contribution in [2.75, 3.05) is 6.54 Å². The molecule has 3 heterocycles. The Balaban J connectivity index is 1.67. The van der Waals surface area contributed by atoms with Crippen LogP contribution in [0, 0.1) is 0 Å². The third-order valence-electron chi connectivity index (χ3n) is 4.51. The molecule has 3 rings (SSSR count). The number of furan rings is 1. The van der Waals surface area contributed by atoms with Crippen molar-refractivity contribution in [3.05, 3.63) is 42.1 Å². The summed E-state index contributed by atoms with van der Waals surface area (Å²) in [7, 11) is 1.95. The Morgan fingerprint density at radius 2 is 2.32 bits per heavy atom. The van der Waals surface area contributed by atoms with E-state index >= 15 is 0 Å². The van der Waals surface area contributed by atoms with Crippen molar-refractivity contribution < 1.29 is 9.52 Å². The zero-order valence-corrected chi connectivity index (χ0v) is 13.2. The van der Waals surface area contributed by atoms with Gasteiger partial charge in [-0.05, 0) is 37.9 Å². The number of hydrogen-bond donors (Lipinski definition) is 1. The van der Waals surface area contributed by atoms with E-state index < -0.39 is 6.10 Å². The SMILES string of the molecule is Cn1cc(CN2CCCCC[C@@H]2C[C@H](O)c2ccco2)cn1. The molecule has 0 radical (unpaired) electrons. The van der Waals surface area contributed by atoms with E-state index in [0.717, 1.165) is 25.9 Å². The predicted molar refractivity (Wildman–Crippen MR) is 84.2 cm³/mol. The minimum atomic E-state index is -0.519. The summed E-state index contributed by atoms with van der Waals surface area (Å²) in [5.41, 5.74) is 1.24. The van der Waals surface area contributed by atoms with Crippen LogP contribution in [-0.4, -0.2) is 32.4 Å². The Hall–Kier alpha value is -1.59. The van der Waals surface area contributed by atoms with Crippen molar-refractivity contribution in [2.24, 2.45) is 7.05 Å². The summed E-state index contributed by atoms with van der Waals surface area (Å²) >= 11 is 0. The first-order valence-electron chi connectivity index (χ1n) is 8.15. The Bertz CT molecular complexity index is 564. The minimum Gasteiger partial charge on any atom is -0.467 e. The van der Waals surface area contributed by atoms with Crippen molar-refractivity contribution in [3.8, 4) is 0 Å². The van der Waals surface area contributed by atoms with Gasteiger partial charge in [-0.2, -0.15) is 5.10 Å². The number of nitrogens with zero attached hydrogens (tertiary/aromatic N) is 3. The number of aliphatic hydroxyl groups is 1. The molecule has 5 heteroatoms. The van der Waals surface area contributed by atoms with Crippen LogP contribution in [0.25, 0.3) is 0 Å². The second-order valence-electron chi connectivity index (χ2n) is 6.26.